The monoisotopic (exact) mass is 224 g/mol. The van der Waals surface area contributed by atoms with Gasteiger partial charge in [-0.05, 0) is 37.8 Å². The van der Waals surface area contributed by atoms with Crippen LogP contribution in [-0.4, -0.2) is 50.2 Å². The van der Waals surface area contributed by atoms with Gasteiger partial charge in [0.15, 0.2) is 0 Å². The van der Waals surface area contributed by atoms with E-state index in [1.165, 1.54) is 12.8 Å². The van der Waals surface area contributed by atoms with Gasteiger partial charge < -0.3 is 15.0 Å². The Balaban J connectivity index is 1.60. The van der Waals surface area contributed by atoms with Crippen LogP contribution in [0.5, 0.6) is 0 Å². The van der Waals surface area contributed by atoms with E-state index in [0.29, 0.717) is 30.5 Å². The Labute approximate surface area is 96.3 Å². The fourth-order valence-electron chi connectivity index (χ4n) is 3.18. The number of nitrogens with one attached hydrogen (secondary N) is 1. The van der Waals surface area contributed by atoms with Crippen molar-refractivity contribution in [2.24, 2.45) is 11.3 Å². The third kappa shape index (κ3) is 1.74. The summed E-state index contributed by atoms with van der Waals surface area (Å²) in [6.07, 6.45) is 3.51. The van der Waals surface area contributed by atoms with E-state index in [1.807, 2.05) is 4.90 Å². The largest absolute Gasteiger partial charge is 0.378 e. The van der Waals surface area contributed by atoms with Gasteiger partial charge in [0.25, 0.3) is 0 Å². The van der Waals surface area contributed by atoms with Gasteiger partial charge in [-0.15, -0.1) is 0 Å². The van der Waals surface area contributed by atoms with Crippen LogP contribution in [0.15, 0.2) is 0 Å². The van der Waals surface area contributed by atoms with E-state index in [4.69, 9.17) is 4.74 Å². The molecule has 1 amide bonds. The number of hydrogen-bond acceptors (Lipinski definition) is 3. The van der Waals surface area contributed by atoms with Crippen LogP contribution in [0.4, 0.5) is 0 Å². The molecule has 0 bridgehead atoms. The molecule has 3 aliphatic rings. The van der Waals surface area contributed by atoms with E-state index >= 15 is 0 Å². The van der Waals surface area contributed by atoms with Crippen molar-refractivity contribution in [2.45, 2.75) is 19.3 Å². The van der Waals surface area contributed by atoms with Crippen molar-refractivity contribution >= 4 is 5.91 Å². The van der Waals surface area contributed by atoms with Gasteiger partial charge in [0, 0.05) is 19.0 Å². The number of piperidine rings is 1. The van der Waals surface area contributed by atoms with Gasteiger partial charge in [0.05, 0.1) is 13.2 Å². The van der Waals surface area contributed by atoms with Gasteiger partial charge in [0.2, 0.25) is 5.91 Å². The molecule has 4 nitrogen and oxygen atoms in total. The first-order valence-corrected chi connectivity index (χ1v) is 6.39. The summed E-state index contributed by atoms with van der Waals surface area (Å²) in [5.74, 6) is 0.720. The molecule has 0 aromatic rings. The van der Waals surface area contributed by atoms with Crippen LogP contribution in [0.2, 0.25) is 0 Å². The minimum absolute atomic E-state index is 0.327. The van der Waals surface area contributed by atoms with E-state index in [0.717, 1.165) is 32.6 Å². The fourth-order valence-corrected chi connectivity index (χ4v) is 3.18. The van der Waals surface area contributed by atoms with Crippen LogP contribution in [0.25, 0.3) is 0 Å². The molecular weight excluding hydrogens is 204 g/mol. The topological polar surface area (TPSA) is 41.6 Å². The van der Waals surface area contributed by atoms with Crippen molar-refractivity contribution in [1.82, 2.24) is 10.2 Å². The Hall–Kier alpha value is -0.610. The minimum atomic E-state index is 0.327. The lowest BCUT2D eigenvalue weighted by molar-refractivity contribution is -0.137. The van der Waals surface area contributed by atoms with E-state index in [2.05, 4.69) is 5.32 Å². The predicted molar refractivity (Wildman–Crippen MR) is 60.0 cm³/mol. The van der Waals surface area contributed by atoms with Gasteiger partial charge in [-0.3, -0.25) is 4.79 Å². The molecule has 1 aliphatic carbocycles. The molecule has 3 fully saturated rings. The average molecular weight is 224 g/mol. The third-order valence-electron chi connectivity index (χ3n) is 4.41. The summed E-state index contributed by atoms with van der Waals surface area (Å²) in [5.41, 5.74) is 0.376. The van der Waals surface area contributed by atoms with Crippen molar-refractivity contribution in [2.75, 3.05) is 39.4 Å². The highest BCUT2D eigenvalue weighted by molar-refractivity contribution is 5.82. The Kier molecular flexibility index (Phi) is 2.64. The highest BCUT2D eigenvalue weighted by atomic mass is 16.5. The smallest absolute Gasteiger partial charge is 0.226 e. The van der Waals surface area contributed by atoms with Gasteiger partial charge in [-0.25, -0.2) is 0 Å². The van der Waals surface area contributed by atoms with Crippen molar-refractivity contribution < 1.29 is 9.53 Å². The molecule has 3 rings (SSSR count). The number of ether oxygens (including phenoxy) is 1. The first kappa shape index (κ1) is 10.5. The molecule has 2 heterocycles. The second-order valence-corrected chi connectivity index (χ2v) is 5.31. The molecule has 16 heavy (non-hydrogen) atoms. The normalized spacial score (nSPS) is 32.8. The van der Waals surface area contributed by atoms with Crippen LogP contribution in [0.3, 0.4) is 0 Å². The van der Waals surface area contributed by atoms with E-state index < -0.39 is 0 Å². The van der Waals surface area contributed by atoms with Crippen molar-refractivity contribution in [1.29, 1.82) is 0 Å². The number of morpholine rings is 1. The molecule has 90 valence electrons. The van der Waals surface area contributed by atoms with Crippen LogP contribution in [0, 0.1) is 11.3 Å². The molecule has 1 saturated carbocycles. The standard InChI is InChI=1S/C12H20N2O2/c15-11(14-5-7-16-8-6-14)10-9-12(10)1-3-13-4-2-12/h10,13H,1-9H2/t10-/m0/s1. The summed E-state index contributed by atoms with van der Waals surface area (Å²) in [4.78, 5) is 14.3. The Morgan fingerprint density at radius 3 is 2.62 bits per heavy atom. The quantitative estimate of drug-likeness (QED) is 0.693. The highest BCUT2D eigenvalue weighted by Gasteiger charge is 2.58. The van der Waals surface area contributed by atoms with Crippen molar-refractivity contribution in [3.63, 3.8) is 0 Å². The molecule has 1 N–H and O–H groups in total. The van der Waals surface area contributed by atoms with E-state index in [-0.39, 0.29) is 0 Å². The van der Waals surface area contributed by atoms with E-state index in [1.54, 1.807) is 0 Å². The Bertz CT molecular complexity index is 281. The number of nitrogens with zero attached hydrogens (tertiary/aromatic N) is 1. The summed E-state index contributed by atoms with van der Waals surface area (Å²) < 4.78 is 5.28. The fraction of sp³-hybridized carbons (Fsp3) is 0.917. The zero-order valence-corrected chi connectivity index (χ0v) is 9.71. The summed E-state index contributed by atoms with van der Waals surface area (Å²) in [6.45, 7) is 5.20. The van der Waals surface area contributed by atoms with Crippen molar-refractivity contribution in [3.05, 3.63) is 0 Å². The second kappa shape index (κ2) is 4.00. The second-order valence-electron chi connectivity index (χ2n) is 5.31. The Morgan fingerprint density at radius 2 is 1.94 bits per heavy atom. The maximum absolute atomic E-state index is 12.3. The molecule has 4 heteroatoms. The minimum Gasteiger partial charge on any atom is -0.378 e. The molecule has 0 radical (unpaired) electrons. The summed E-state index contributed by atoms with van der Waals surface area (Å²) in [7, 11) is 0. The SMILES string of the molecule is O=C([C@@H]1CC12CCNCC2)N1CCOCC1. The number of hydrogen-bond donors (Lipinski definition) is 1. The molecule has 0 aromatic carbocycles. The van der Waals surface area contributed by atoms with Gasteiger partial charge in [-0.1, -0.05) is 0 Å². The Morgan fingerprint density at radius 1 is 1.25 bits per heavy atom. The average Bonchev–Trinajstić information content (AvgIpc) is 3.04. The summed E-state index contributed by atoms with van der Waals surface area (Å²) in [6, 6.07) is 0. The maximum atomic E-state index is 12.3. The van der Waals surface area contributed by atoms with Crippen molar-refractivity contribution in [3.8, 4) is 0 Å². The third-order valence-corrected chi connectivity index (χ3v) is 4.41. The molecule has 2 saturated heterocycles. The van der Waals surface area contributed by atoms with Gasteiger partial charge in [0.1, 0.15) is 0 Å². The molecular formula is C12H20N2O2. The van der Waals surface area contributed by atoms with Gasteiger partial charge >= 0.3 is 0 Å². The molecule has 0 aromatic heterocycles. The van der Waals surface area contributed by atoms with Gasteiger partial charge in [-0.2, -0.15) is 0 Å². The maximum Gasteiger partial charge on any atom is 0.226 e. The molecule has 0 unspecified atom stereocenters. The zero-order valence-electron chi connectivity index (χ0n) is 9.71. The summed E-state index contributed by atoms with van der Waals surface area (Å²) >= 11 is 0. The number of amides is 1. The first-order chi connectivity index (χ1) is 7.82. The van der Waals surface area contributed by atoms with Crippen LogP contribution < -0.4 is 5.32 Å². The lowest BCUT2D eigenvalue weighted by atomic mass is 9.91. The highest BCUT2D eigenvalue weighted by Crippen LogP contribution is 2.59. The molecule has 1 spiro atoms. The zero-order chi connectivity index (χ0) is 11.0. The summed E-state index contributed by atoms with van der Waals surface area (Å²) in [5, 5.41) is 3.37. The van der Waals surface area contributed by atoms with Crippen LogP contribution in [0.1, 0.15) is 19.3 Å². The lowest BCUT2D eigenvalue weighted by Gasteiger charge is -2.29. The molecule has 2 aliphatic heterocycles. The van der Waals surface area contributed by atoms with Crippen LogP contribution >= 0.6 is 0 Å². The molecule has 1 atom stereocenters. The lowest BCUT2D eigenvalue weighted by Crippen LogP contribution is -2.43. The number of rotatable bonds is 1. The number of carbonyl (C=O) groups is 1. The first-order valence-electron chi connectivity index (χ1n) is 6.39. The van der Waals surface area contributed by atoms with Crippen LogP contribution in [-0.2, 0) is 9.53 Å². The van der Waals surface area contributed by atoms with E-state index in [9.17, 15) is 4.79 Å². The predicted octanol–water partition coefficient (Wildman–Crippen LogP) is 0.235. The number of carbonyl (C=O) groups excluding carboxylic acids is 1.